The van der Waals surface area contributed by atoms with Gasteiger partial charge in [0.05, 0.1) is 12.2 Å². The fraction of sp³-hybridized carbons (Fsp3) is 1.00. The van der Waals surface area contributed by atoms with E-state index >= 15 is 0 Å². The van der Waals surface area contributed by atoms with Crippen molar-refractivity contribution in [1.29, 1.82) is 0 Å². The van der Waals surface area contributed by atoms with E-state index in [4.69, 9.17) is 4.74 Å². The second-order valence-electron chi connectivity index (χ2n) is 5.79. The molecule has 1 N–H and O–H groups in total. The van der Waals surface area contributed by atoms with Gasteiger partial charge < -0.3 is 10.1 Å². The van der Waals surface area contributed by atoms with Crippen molar-refractivity contribution < 1.29 is 4.74 Å². The van der Waals surface area contributed by atoms with Crippen LogP contribution in [0.2, 0.25) is 0 Å². The van der Waals surface area contributed by atoms with Crippen molar-refractivity contribution >= 4 is 0 Å². The van der Waals surface area contributed by atoms with E-state index in [9.17, 15) is 0 Å². The molecule has 3 atom stereocenters. The van der Waals surface area contributed by atoms with Gasteiger partial charge in [-0.1, -0.05) is 45.4 Å². The van der Waals surface area contributed by atoms with Crippen LogP contribution in [0.15, 0.2) is 0 Å². The van der Waals surface area contributed by atoms with Gasteiger partial charge >= 0.3 is 0 Å². The lowest BCUT2D eigenvalue weighted by molar-refractivity contribution is 0.0974. The summed E-state index contributed by atoms with van der Waals surface area (Å²) in [5.41, 5.74) is 0. The molecule has 2 heterocycles. The van der Waals surface area contributed by atoms with Crippen molar-refractivity contribution in [1.82, 2.24) is 5.32 Å². The third-order valence-corrected chi connectivity index (χ3v) is 4.29. The number of hydrogen-bond donors (Lipinski definition) is 1. The monoisotopic (exact) mass is 239 g/mol. The summed E-state index contributed by atoms with van der Waals surface area (Å²) in [6.07, 6.45) is 14.8. The van der Waals surface area contributed by atoms with Crippen molar-refractivity contribution in [3.8, 4) is 0 Å². The van der Waals surface area contributed by atoms with Crippen LogP contribution in [-0.2, 0) is 4.74 Å². The van der Waals surface area contributed by atoms with Crippen molar-refractivity contribution in [3.05, 3.63) is 0 Å². The second kappa shape index (κ2) is 7.38. The van der Waals surface area contributed by atoms with E-state index in [0.29, 0.717) is 18.2 Å². The molecule has 0 aromatic carbocycles. The highest BCUT2D eigenvalue weighted by Gasteiger charge is 2.40. The van der Waals surface area contributed by atoms with Gasteiger partial charge in [0.25, 0.3) is 0 Å². The standard InChI is InChI=1S/C15H29NO/c1-2-3-4-5-6-7-8-11-16-14-12-13-9-10-15(14)17-13/h13-16H,2-12H2,1H3. The van der Waals surface area contributed by atoms with Crippen LogP contribution in [0.4, 0.5) is 0 Å². The summed E-state index contributed by atoms with van der Waals surface area (Å²) in [7, 11) is 0. The highest BCUT2D eigenvalue weighted by Crippen LogP contribution is 2.34. The van der Waals surface area contributed by atoms with Crippen LogP contribution in [0.3, 0.4) is 0 Å². The average molecular weight is 239 g/mol. The summed E-state index contributed by atoms with van der Waals surface area (Å²) in [6.45, 7) is 3.48. The Hall–Kier alpha value is -0.0800. The summed E-state index contributed by atoms with van der Waals surface area (Å²) in [5, 5.41) is 3.69. The van der Waals surface area contributed by atoms with E-state index in [1.807, 2.05) is 0 Å². The lowest BCUT2D eigenvalue weighted by Crippen LogP contribution is -2.37. The Morgan fingerprint density at radius 2 is 1.76 bits per heavy atom. The maximum Gasteiger partial charge on any atom is 0.0733 e. The lowest BCUT2D eigenvalue weighted by Gasteiger charge is -2.19. The summed E-state index contributed by atoms with van der Waals surface area (Å²) in [5.74, 6) is 0. The molecular formula is C15H29NO. The SMILES string of the molecule is CCCCCCCCCNC1CC2CCC1O2. The zero-order chi connectivity index (χ0) is 11.9. The Kier molecular flexibility index (Phi) is 5.79. The molecule has 2 bridgehead atoms. The van der Waals surface area contributed by atoms with Crippen LogP contribution in [0.1, 0.15) is 71.1 Å². The number of rotatable bonds is 9. The molecule has 2 aliphatic heterocycles. The minimum absolute atomic E-state index is 0.546. The van der Waals surface area contributed by atoms with Gasteiger partial charge in [0.2, 0.25) is 0 Å². The Labute approximate surface area is 107 Å². The molecule has 0 radical (unpaired) electrons. The number of nitrogens with one attached hydrogen (secondary N) is 1. The van der Waals surface area contributed by atoms with E-state index in [0.717, 1.165) is 0 Å². The molecule has 0 saturated carbocycles. The predicted octanol–water partition coefficient (Wildman–Crippen LogP) is 3.65. The molecule has 2 rings (SSSR count). The first-order valence-electron chi connectivity index (χ1n) is 7.79. The first kappa shape index (κ1) is 13.4. The van der Waals surface area contributed by atoms with E-state index < -0.39 is 0 Å². The van der Waals surface area contributed by atoms with Gasteiger partial charge in [0.1, 0.15) is 0 Å². The Morgan fingerprint density at radius 1 is 1.00 bits per heavy atom. The minimum atomic E-state index is 0.546. The van der Waals surface area contributed by atoms with E-state index in [-0.39, 0.29) is 0 Å². The summed E-state index contributed by atoms with van der Waals surface area (Å²) < 4.78 is 5.84. The van der Waals surface area contributed by atoms with Crippen LogP contribution < -0.4 is 5.32 Å². The Balaban J connectivity index is 1.39. The zero-order valence-corrected chi connectivity index (χ0v) is 11.4. The lowest BCUT2D eigenvalue weighted by atomic mass is 9.95. The van der Waals surface area contributed by atoms with Crippen molar-refractivity contribution in [2.75, 3.05) is 6.54 Å². The average Bonchev–Trinajstić information content (AvgIpc) is 2.94. The maximum absolute atomic E-state index is 5.84. The molecule has 100 valence electrons. The molecule has 0 aliphatic carbocycles. The fourth-order valence-electron chi connectivity index (χ4n) is 3.22. The molecule has 0 aromatic rings. The van der Waals surface area contributed by atoms with Crippen molar-refractivity contribution in [3.63, 3.8) is 0 Å². The number of ether oxygens (including phenoxy) is 1. The third kappa shape index (κ3) is 4.26. The first-order valence-corrected chi connectivity index (χ1v) is 7.79. The molecule has 2 heteroatoms. The molecular weight excluding hydrogens is 210 g/mol. The highest BCUT2D eigenvalue weighted by atomic mass is 16.5. The molecule has 17 heavy (non-hydrogen) atoms. The second-order valence-corrected chi connectivity index (χ2v) is 5.79. The molecule has 3 unspecified atom stereocenters. The van der Waals surface area contributed by atoms with Crippen molar-refractivity contribution in [2.24, 2.45) is 0 Å². The van der Waals surface area contributed by atoms with Gasteiger partial charge in [0, 0.05) is 6.04 Å². The zero-order valence-electron chi connectivity index (χ0n) is 11.4. The Bertz CT molecular complexity index is 207. The van der Waals surface area contributed by atoms with Gasteiger partial charge in [-0.15, -0.1) is 0 Å². The molecule has 2 nitrogen and oxygen atoms in total. The quantitative estimate of drug-likeness (QED) is 0.620. The van der Waals surface area contributed by atoms with Gasteiger partial charge in [-0.05, 0) is 32.2 Å². The molecule has 2 fully saturated rings. The smallest absolute Gasteiger partial charge is 0.0733 e. The maximum atomic E-state index is 5.84. The Morgan fingerprint density at radius 3 is 2.41 bits per heavy atom. The van der Waals surface area contributed by atoms with Gasteiger partial charge in [-0.25, -0.2) is 0 Å². The van der Waals surface area contributed by atoms with Crippen molar-refractivity contribution in [2.45, 2.75) is 89.4 Å². The van der Waals surface area contributed by atoms with Gasteiger partial charge in [0.15, 0.2) is 0 Å². The molecule has 2 aliphatic rings. The van der Waals surface area contributed by atoms with E-state index in [1.165, 1.54) is 70.8 Å². The largest absolute Gasteiger partial charge is 0.373 e. The number of hydrogen-bond acceptors (Lipinski definition) is 2. The van der Waals surface area contributed by atoms with Gasteiger partial charge in [-0.2, -0.15) is 0 Å². The number of unbranched alkanes of at least 4 members (excludes halogenated alkanes) is 6. The van der Waals surface area contributed by atoms with Crippen LogP contribution in [-0.4, -0.2) is 24.8 Å². The molecule has 2 saturated heterocycles. The molecule has 0 amide bonds. The third-order valence-electron chi connectivity index (χ3n) is 4.29. The fourth-order valence-corrected chi connectivity index (χ4v) is 3.22. The minimum Gasteiger partial charge on any atom is -0.373 e. The summed E-state index contributed by atoms with van der Waals surface area (Å²) >= 11 is 0. The first-order chi connectivity index (χ1) is 8.40. The molecule has 0 aromatic heterocycles. The van der Waals surface area contributed by atoms with E-state index in [2.05, 4.69) is 12.2 Å². The predicted molar refractivity (Wildman–Crippen MR) is 72.3 cm³/mol. The van der Waals surface area contributed by atoms with Gasteiger partial charge in [-0.3, -0.25) is 0 Å². The molecule has 0 spiro atoms. The number of fused-ring (bicyclic) bond motifs is 2. The van der Waals surface area contributed by atoms with Crippen LogP contribution >= 0.6 is 0 Å². The van der Waals surface area contributed by atoms with Crippen LogP contribution in [0.5, 0.6) is 0 Å². The normalized spacial score (nSPS) is 31.2. The summed E-state index contributed by atoms with van der Waals surface area (Å²) in [6, 6.07) is 0.675. The van der Waals surface area contributed by atoms with E-state index in [1.54, 1.807) is 0 Å². The highest BCUT2D eigenvalue weighted by molar-refractivity contribution is 4.93. The van der Waals surface area contributed by atoms with Crippen LogP contribution in [0, 0.1) is 0 Å². The summed E-state index contributed by atoms with van der Waals surface area (Å²) in [4.78, 5) is 0. The van der Waals surface area contributed by atoms with Crippen LogP contribution in [0.25, 0.3) is 0 Å². The topological polar surface area (TPSA) is 21.3 Å².